The maximum Gasteiger partial charge on any atom is 0.259 e. The van der Waals surface area contributed by atoms with Gasteiger partial charge in [0.2, 0.25) is 5.43 Å². The molecule has 2 aliphatic heterocycles. The molecule has 1 N–H and O–H groups in total. The van der Waals surface area contributed by atoms with Crippen molar-refractivity contribution in [3.8, 4) is 0 Å². The van der Waals surface area contributed by atoms with E-state index >= 15 is 0 Å². The molecule has 2 aliphatic rings. The highest BCUT2D eigenvalue weighted by molar-refractivity contribution is 6.07. The van der Waals surface area contributed by atoms with Crippen LogP contribution in [0, 0.1) is 0 Å². The van der Waals surface area contributed by atoms with E-state index in [1.807, 2.05) is 40.3 Å². The summed E-state index contributed by atoms with van der Waals surface area (Å²) in [5, 5.41) is 5.73. The fraction of sp³-hybridized carbons (Fsp3) is 0.367. The number of imidazole rings is 1. The molecular weight excluding hydrogens is 476 g/mol. The normalized spacial score (nSPS) is 16.5. The lowest BCUT2D eigenvalue weighted by molar-refractivity contribution is 0.0950. The average molecular weight is 509 g/mol. The molecule has 3 aromatic heterocycles. The minimum Gasteiger partial charge on any atom is -0.357 e. The standard InChI is InChI=1S/C30H32N6O2/c1-33-23-18-20-8-2-3-9-21(20)19-24(23)36-28-22(10-11-25(32-28)35-15-6-7-16-35)27(37)26(30(33)36)29(38)31-12-17-34-13-4-5-14-34/h2-3,8-11,18-19H,4-7,12-17H2,1H3,(H,31,38). The summed E-state index contributed by atoms with van der Waals surface area (Å²) in [6, 6.07) is 16.3. The number of pyridine rings is 2. The van der Waals surface area contributed by atoms with Crippen molar-refractivity contribution in [2.75, 3.05) is 44.2 Å². The summed E-state index contributed by atoms with van der Waals surface area (Å²) in [5.41, 5.74) is 2.98. The van der Waals surface area contributed by atoms with Crippen LogP contribution in [0.4, 0.5) is 5.82 Å². The maximum absolute atomic E-state index is 13.9. The van der Waals surface area contributed by atoms with Crippen molar-refractivity contribution < 1.29 is 4.79 Å². The number of nitrogens with zero attached hydrogens (tertiary/aromatic N) is 5. The molecule has 38 heavy (non-hydrogen) atoms. The van der Waals surface area contributed by atoms with Crippen molar-refractivity contribution in [3.05, 3.63) is 64.3 Å². The monoisotopic (exact) mass is 508 g/mol. The SMILES string of the molecule is Cn1c2cc3ccccc3cc2n2c3nc(N4CCCC4)ccc3c(=O)c(C(=O)NCCN3CCCC3)c12. The van der Waals surface area contributed by atoms with Crippen molar-refractivity contribution in [2.24, 2.45) is 7.05 Å². The summed E-state index contributed by atoms with van der Waals surface area (Å²) >= 11 is 0. The Balaban J connectivity index is 1.46. The molecule has 8 heteroatoms. The van der Waals surface area contributed by atoms with Gasteiger partial charge in [-0.1, -0.05) is 24.3 Å². The van der Waals surface area contributed by atoms with Gasteiger partial charge in [-0.2, -0.15) is 0 Å². The van der Waals surface area contributed by atoms with Gasteiger partial charge in [0, 0.05) is 33.2 Å². The lowest BCUT2D eigenvalue weighted by Crippen LogP contribution is -2.36. The molecule has 8 nitrogen and oxygen atoms in total. The van der Waals surface area contributed by atoms with Gasteiger partial charge in [0.15, 0.2) is 5.65 Å². The molecule has 5 aromatic rings. The summed E-state index contributed by atoms with van der Waals surface area (Å²) in [6.45, 7) is 5.39. The lowest BCUT2D eigenvalue weighted by atomic mass is 10.1. The predicted octanol–water partition coefficient (Wildman–Crippen LogP) is 3.92. The summed E-state index contributed by atoms with van der Waals surface area (Å²) < 4.78 is 4.00. The van der Waals surface area contributed by atoms with Crippen molar-refractivity contribution in [3.63, 3.8) is 0 Å². The Kier molecular flexibility index (Phi) is 5.58. The third-order valence-corrected chi connectivity index (χ3v) is 8.31. The summed E-state index contributed by atoms with van der Waals surface area (Å²) in [6.07, 6.45) is 4.70. The van der Waals surface area contributed by atoms with Gasteiger partial charge in [-0.05, 0) is 73.8 Å². The molecule has 194 valence electrons. The van der Waals surface area contributed by atoms with Crippen LogP contribution in [0.2, 0.25) is 0 Å². The number of hydrogen-bond acceptors (Lipinski definition) is 5. The number of anilines is 1. The Hall–Kier alpha value is -3.91. The van der Waals surface area contributed by atoms with Crippen LogP contribution in [-0.2, 0) is 7.05 Å². The zero-order valence-corrected chi connectivity index (χ0v) is 21.7. The van der Waals surface area contributed by atoms with Crippen molar-refractivity contribution in [1.29, 1.82) is 0 Å². The molecule has 0 saturated carbocycles. The number of carbonyl (C=O) groups excluding carboxylic acids is 1. The van der Waals surface area contributed by atoms with Crippen LogP contribution in [0.1, 0.15) is 36.0 Å². The quantitative estimate of drug-likeness (QED) is 0.390. The number of rotatable bonds is 5. The van der Waals surface area contributed by atoms with Gasteiger partial charge in [-0.25, -0.2) is 4.98 Å². The number of benzene rings is 2. The molecule has 0 radical (unpaired) electrons. The van der Waals surface area contributed by atoms with Crippen LogP contribution >= 0.6 is 0 Å². The number of likely N-dealkylation sites (tertiary alicyclic amines) is 1. The molecule has 0 unspecified atom stereocenters. The number of hydrogen-bond donors (Lipinski definition) is 1. The van der Waals surface area contributed by atoms with E-state index in [2.05, 4.69) is 39.4 Å². The fourth-order valence-electron chi connectivity index (χ4n) is 6.31. The molecule has 0 atom stereocenters. The van der Waals surface area contributed by atoms with Gasteiger partial charge in [0.25, 0.3) is 5.91 Å². The average Bonchev–Trinajstić information content (AvgIpc) is 3.70. The van der Waals surface area contributed by atoms with Crippen LogP contribution in [-0.4, -0.2) is 64.0 Å². The van der Waals surface area contributed by atoms with Crippen molar-refractivity contribution in [2.45, 2.75) is 25.7 Å². The Morgan fingerprint density at radius 2 is 1.61 bits per heavy atom. The molecule has 1 amide bonds. The second kappa shape index (κ2) is 9.13. The first-order valence-electron chi connectivity index (χ1n) is 13.7. The lowest BCUT2D eigenvalue weighted by Gasteiger charge is -2.18. The van der Waals surface area contributed by atoms with Crippen LogP contribution in [0.5, 0.6) is 0 Å². The van der Waals surface area contributed by atoms with Crippen LogP contribution in [0.25, 0.3) is 38.5 Å². The van der Waals surface area contributed by atoms with Gasteiger partial charge >= 0.3 is 0 Å². The highest BCUT2D eigenvalue weighted by Crippen LogP contribution is 2.30. The van der Waals surface area contributed by atoms with Gasteiger partial charge in [-0.3, -0.25) is 14.0 Å². The minimum absolute atomic E-state index is 0.178. The highest BCUT2D eigenvalue weighted by Gasteiger charge is 2.25. The third-order valence-electron chi connectivity index (χ3n) is 8.31. The Labute approximate surface area is 220 Å². The molecule has 0 spiro atoms. The predicted molar refractivity (Wildman–Crippen MR) is 152 cm³/mol. The molecule has 7 rings (SSSR count). The summed E-state index contributed by atoms with van der Waals surface area (Å²) in [5.74, 6) is 0.552. The van der Waals surface area contributed by atoms with Crippen LogP contribution in [0.3, 0.4) is 0 Å². The molecule has 2 aromatic carbocycles. The summed E-state index contributed by atoms with van der Waals surface area (Å²) in [7, 11) is 1.93. The third kappa shape index (κ3) is 3.66. The largest absolute Gasteiger partial charge is 0.357 e. The van der Waals surface area contributed by atoms with E-state index in [9.17, 15) is 9.59 Å². The van der Waals surface area contributed by atoms with Gasteiger partial charge in [0.1, 0.15) is 17.0 Å². The molecular formula is C30H32N6O2. The number of aryl methyl sites for hydroxylation is 1. The van der Waals surface area contributed by atoms with E-state index < -0.39 is 0 Å². The van der Waals surface area contributed by atoms with Gasteiger partial charge in [0.05, 0.1) is 16.4 Å². The Morgan fingerprint density at radius 1 is 0.921 bits per heavy atom. The Morgan fingerprint density at radius 3 is 2.34 bits per heavy atom. The highest BCUT2D eigenvalue weighted by atomic mass is 16.2. The van der Waals surface area contributed by atoms with E-state index in [-0.39, 0.29) is 16.9 Å². The van der Waals surface area contributed by atoms with Crippen molar-refractivity contribution >= 4 is 50.2 Å². The topological polar surface area (TPSA) is 74.9 Å². The zero-order chi connectivity index (χ0) is 25.8. The number of carbonyl (C=O) groups is 1. The maximum atomic E-state index is 13.9. The van der Waals surface area contributed by atoms with E-state index in [0.717, 1.165) is 73.2 Å². The number of nitrogens with one attached hydrogen (secondary N) is 1. The van der Waals surface area contributed by atoms with Gasteiger partial charge < -0.3 is 19.7 Å². The number of fused-ring (bicyclic) bond motifs is 6. The Bertz CT molecular complexity index is 1770. The first-order chi connectivity index (χ1) is 18.6. The second-order valence-corrected chi connectivity index (χ2v) is 10.6. The summed E-state index contributed by atoms with van der Waals surface area (Å²) in [4.78, 5) is 37.3. The molecule has 2 saturated heterocycles. The van der Waals surface area contributed by atoms with Crippen LogP contribution < -0.4 is 15.6 Å². The van der Waals surface area contributed by atoms with E-state index in [1.165, 1.54) is 12.8 Å². The van der Waals surface area contributed by atoms with Crippen LogP contribution in [0.15, 0.2) is 53.3 Å². The number of aromatic nitrogens is 3. The molecule has 2 fully saturated rings. The fourth-order valence-corrected chi connectivity index (χ4v) is 6.31. The second-order valence-electron chi connectivity index (χ2n) is 10.6. The minimum atomic E-state index is -0.326. The zero-order valence-electron chi connectivity index (χ0n) is 21.7. The molecule has 0 aliphatic carbocycles. The number of amides is 1. The van der Waals surface area contributed by atoms with E-state index in [4.69, 9.17) is 4.98 Å². The molecule has 0 bridgehead atoms. The van der Waals surface area contributed by atoms with E-state index in [1.54, 1.807) is 0 Å². The smallest absolute Gasteiger partial charge is 0.259 e. The first kappa shape index (κ1) is 23.2. The molecule has 5 heterocycles. The van der Waals surface area contributed by atoms with Crippen molar-refractivity contribution in [1.82, 2.24) is 24.2 Å². The first-order valence-corrected chi connectivity index (χ1v) is 13.7. The van der Waals surface area contributed by atoms with E-state index in [0.29, 0.717) is 23.2 Å². The van der Waals surface area contributed by atoms with Gasteiger partial charge in [-0.15, -0.1) is 0 Å².